The molecule has 0 aliphatic heterocycles. The van der Waals surface area contributed by atoms with Gasteiger partial charge in [-0.2, -0.15) is 0 Å². The van der Waals surface area contributed by atoms with E-state index < -0.39 is 0 Å². The fourth-order valence-electron chi connectivity index (χ4n) is 3.34. The van der Waals surface area contributed by atoms with Crippen LogP contribution in [0.2, 0.25) is 0 Å². The average molecular weight is 383 g/mol. The highest BCUT2D eigenvalue weighted by molar-refractivity contribution is 6.01. The van der Waals surface area contributed by atoms with E-state index in [0.717, 1.165) is 33.8 Å². The molecular formula is C25H21NO3. The minimum atomic E-state index is -0.0807. The van der Waals surface area contributed by atoms with Crippen LogP contribution >= 0.6 is 0 Å². The van der Waals surface area contributed by atoms with Crippen molar-refractivity contribution in [2.45, 2.75) is 12.8 Å². The molecule has 0 atom stereocenters. The summed E-state index contributed by atoms with van der Waals surface area (Å²) in [6.45, 7) is 0. The Bertz CT molecular complexity index is 1170. The summed E-state index contributed by atoms with van der Waals surface area (Å²) < 4.78 is 7.40. The number of para-hydroxylation sites is 1. The van der Waals surface area contributed by atoms with Crippen LogP contribution in [0.4, 0.5) is 0 Å². The fourth-order valence-corrected chi connectivity index (χ4v) is 3.34. The molecule has 29 heavy (non-hydrogen) atoms. The third-order valence-corrected chi connectivity index (χ3v) is 4.89. The summed E-state index contributed by atoms with van der Waals surface area (Å²) in [6.07, 6.45) is 6.64. The molecule has 2 aromatic carbocycles. The number of allylic oxidation sites excluding steroid dienone is 4. The molecule has 0 unspecified atom stereocenters. The number of hydrogen-bond donors (Lipinski definition) is 0. The molecule has 0 saturated heterocycles. The van der Waals surface area contributed by atoms with Crippen molar-refractivity contribution < 1.29 is 9.53 Å². The predicted molar refractivity (Wildman–Crippen MR) is 114 cm³/mol. The van der Waals surface area contributed by atoms with Crippen LogP contribution in [-0.2, 0) is 18.3 Å². The molecule has 4 rings (SSSR count). The van der Waals surface area contributed by atoms with Crippen molar-refractivity contribution in [1.29, 1.82) is 0 Å². The van der Waals surface area contributed by atoms with Crippen LogP contribution in [-0.4, -0.2) is 10.4 Å². The largest absolute Gasteiger partial charge is 0.457 e. The monoisotopic (exact) mass is 383 g/mol. The Labute approximate surface area is 169 Å². The molecule has 4 heteroatoms. The Morgan fingerprint density at radius 3 is 2.59 bits per heavy atom. The van der Waals surface area contributed by atoms with E-state index in [1.807, 2.05) is 60.7 Å². The van der Waals surface area contributed by atoms with Crippen molar-refractivity contribution in [2.75, 3.05) is 0 Å². The third kappa shape index (κ3) is 4.43. The number of hydrogen-bond acceptors (Lipinski definition) is 3. The van der Waals surface area contributed by atoms with E-state index in [1.54, 1.807) is 19.3 Å². The number of carbonyl (C=O) groups is 1. The third-order valence-electron chi connectivity index (χ3n) is 4.89. The summed E-state index contributed by atoms with van der Waals surface area (Å²) in [5.74, 6) is 1.62. The molecule has 0 radical (unpaired) electrons. The Kier molecular flexibility index (Phi) is 5.25. The standard InChI is InChI=1S/C25H21NO3/c1-26-17-18(10-13-25(26)28)14-24(27)21-12-11-20(15-21)19-6-5-9-23(16-19)29-22-7-3-2-4-8-22/h2-11,13,15-17H,12,14H2,1H3. The number of Topliss-reactive ketones (excluding diaryl/α,β-unsaturated/α-hetero) is 1. The molecular weight excluding hydrogens is 362 g/mol. The molecule has 0 N–H and O–H groups in total. The van der Waals surface area contributed by atoms with Gasteiger partial charge in [0.15, 0.2) is 5.78 Å². The van der Waals surface area contributed by atoms with Gasteiger partial charge in [-0.1, -0.05) is 42.5 Å². The number of aryl methyl sites for hydroxylation is 1. The molecule has 1 aliphatic carbocycles. The topological polar surface area (TPSA) is 48.3 Å². The van der Waals surface area contributed by atoms with Gasteiger partial charge in [0.05, 0.1) is 0 Å². The lowest BCUT2D eigenvalue weighted by Crippen LogP contribution is -2.16. The van der Waals surface area contributed by atoms with E-state index in [4.69, 9.17) is 4.74 Å². The van der Waals surface area contributed by atoms with Crippen LogP contribution in [0.15, 0.2) is 95.4 Å². The van der Waals surface area contributed by atoms with Gasteiger partial charge in [0.1, 0.15) is 11.5 Å². The maximum atomic E-state index is 12.7. The molecule has 3 aromatic rings. The average Bonchev–Trinajstić information content (AvgIpc) is 3.22. The Balaban J connectivity index is 1.47. The lowest BCUT2D eigenvalue weighted by molar-refractivity contribution is -0.115. The Hall–Kier alpha value is -3.66. The summed E-state index contributed by atoms with van der Waals surface area (Å²) in [7, 11) is 1.69. The van der Waals surface area contributed by atoms with Crippen molar-refractivity contribution in [2.24, 2.45) is 7.05 Å². The van der Waals surface area contributed by atoms with Gasteiger partial charge in [0.25, 0.3) is 0 Å². The zero-order valence-electron chi connectivity index (χ0n) is 16.2. The zero-order chi connectivity index (χ0) is 20.2. The summed E-state index contributed by atoms with van der Waals surface area (Å²) in [5, 5.41) is 0. The van der Waals surface area contributed by atoms with E-state index in [0.29, 0.717) is 6.42 Å². The van der Waals surface area contributed by atoms with Gasteiger partial charge in [-0.25, -0.2) is 0 Å². The van der Waals surface area contributed by atoms with Gasteiger partial charge >= 0.3 is 0 Å². The van der Waals surface area contributed by atoms with Crippen molar-refractivity contribution in [3.63, 3.8) is 0 Å². The van der Waals surface area contributed by atoms with Crippen LogP contribution in [0.25, 0.3) is 5.57 Å². The summed E-state index contributed by atoms with van der Waals surface area (Å²) >= 11 is 0. The maximum absolute atomic E-state index is 12.7. The van der Waals surface area contributed by atoms with E-state index >= 15 is 0 Å². The summed E-state index contributed by atoms with van der Waals surface area (Å²) in [4.78, 5) is 24.2. The van der Waals surface area contributed by atoms with E-state index in [-0.39, 0.29) is 17.8 Å². The van der Waals surface area contributed by atoms with Gasteiger partial charge in [0.2, 0.25) is 5.56 Å². The molecule has 0 spiro atoms. The predicted octanol–water partition coefficient (Wildman–Crippen LogP) is 4.70. The highest BCUT2D eigenvalue weighted by Crippen LogP contribution is 2.30. The molecule has 144 valence electrons. The summed E-state index contributed by atoms with van der Waals surface area (Å²) in [5.41, 5.74) is 3.58. The minimum absolute atomic E-state index is 0.0755. The normalized spacial score (nSPS) is 13.0. The molecule has 4 nitrogen and oxygen atoms in total. The van der Waals surface area contributed by atoms with E-state index in [1.165, 1.54) is 10.6 Å². The van der Waals surface area contributed by atoms with Crippen LogP contribution < -0.4 is 10.3 Å². The fraction of sp³-hybridized carbons (Fsp3) is 0.120. The number of ether oxygens (including phenoxy) is 1. The van der Waals surface area contributed by atoms with Crippen molar-refractivity contribution in [1.82, 2.24) is 4.57 Å². The Morgan fingerprint density at radius 2 is 1.79 bits per heavy atom. The molecule has 1 aromatic heterocycles. The van der Waals surface area contributed by atoms with E-state index in [2.05, 4.69) is 6.08 Å². The number of ketones is 1. The second-order valence-electron chi connectivity index (χ2n) is 7.06. The number of aromatic nitrogens is 1. The molecule has 0 amide bonds. The molecule has 1 heterocycles. The number of benzene rings is 2. The molecule has 0 fully saturated rings. The lowest BCUT2D eigenvalue weighted by Gasteiger charge is -2.07. The first kappa shape index (κ1) is 18.7. The number of carbonyl (C=O) groups excluding carboxylic acids is 1. The number of nitrogens with zero attached hydrogens (tertiary/aromatic N) is 1. The van der Waals surface area contributed by atoms with Crippen molar-refractivity contribution in [3.8, 4) is 11.5 Å². The van der Waals surface area contributed by atoms with E-state index in [9.17, 15) is 9.59 Å². The molecule has 1 aliphatic rings. The van der Waals surface area contributed by atoms with Gasteiger partial charge in [0, 0.05) is 25.7 Å². The van der Waals surface area contributed by atoms with Crippen LogP contribution in [0.3, 0.4) is 0 Å². The van der Waals surface area contributed by atoms with Gasteiger partial charge in [-0.05, 0) is 59.0 Å². The van der Waals surface area contributed by atoms with Gasteiger partial charge in [-0.15, -0.1) is 0 Å². The summed E-state index contributed by atoms with van der Waals surface area (Å²) in [6, 6.07) is 20.7. The van der Waals surface area contributed by atoms with Gasteiger partial charge < -0.3 is 9.30 Å². The quantitative estimate of drug-likeness (QED) is 0.620. The SMILES string of the molecule is Cn1cc(CC(=O)C2=CC(c3cccc(Oc4ccccc4)c3)=CC2)ccc1=O. The second kappa shape index (κ2) is 8.15. The highest BCUT2D eigenvalue weighted by Gasteiger charge is 2.16. The lowest BCUT2D eigenvalue weighted by atomic mass is 10.0. The minimum Gasteiger partial charge on any atom is -0.457 e. The first-order chi connectivity index (χ1) is 14.1. The smallest absolute Gasteiger partial charge is 0.250 e. The van der Waals surface area contributed by atoms with Crippen molar-refractivity contribution >= 4 is 11.4 Å². The first-order valence-electron chi connectivity index (χ1n) is 9.51. The molecule has 0 saturated carbocycles. The second-order valence-corrected chi connectivity index (χ2v) is 7.06. The van der Waals surface area contributed by atoms with Crippen LogP contribution in [0, 0.1) is 0 Å². The van der Waals surface area contributed by atoms with Crippen LogP contribution in [0.1, 0.15) is 17.5 Å². The molecule has 0 bridgehead atoms. The zero-order valence-corrected chi connectivity index (χ0v) is 16.2. The number of rotatable bonds is 6. The van der Waals surface area contributed by atoms with Crippen LogP contribution in [0.5, 0.6) is 11.5 Å². The van der Waals surface area contributed by atoms with Gasteiger partial charge in [-0.3, -0.25) is 9.59 Å². The number of pyridine rings is 1. The van der Waals surface area contributed by atoms with Crippen molar-refractivity contribution in [3.05, 3.63) is 112 Å². The highest BCUT2D eigenvalue weighted by atomic mass is 16.5. The maximum Gasteiger partial charge on any atom is 0.250 e. The Morgan fingerprint density at radius 1 is 1.00 bits per heavy atom. The first-order valence-corrected chi connectivity index (χ1v) is 9.51.